The van der Waals surface area contributed by atoms with Gasteiger partial charge in [-0.1, -0.05) is 214 Å². The molecule has 0 fully saturated rings. The van der Waals surface area contributed by atoms with E-state index in [1.807, 2.05) is 0 Å². The van der Waals surface area contributed by atoms with Crippen molar-refractivity contribution in [2.75, 3.05) is 105 Å². The molecule has 56 heteroatoms. The Hall–Kier alpha value is -2.40. The van der Waals surface area contributed by atoms with Crippen molar-refractivity contribution in [2.45, 2.75) is 360 Å². The minimum absolute atomic E-state index is 0.778. The van der Waals surface area contributed by atoms with Crippen molar-refractivity contribution >= 4 is 80.2 Å². The van der Waals surface area contributed by atoms with Crippen LogP contribution >= 0.6 is 0 Å². The molecule has 0 aromatic rings. The summed E-state index contributed by atoms with van der Waals surface area (Å²) < 4.78 is 442. The first kappa shape index (κ1) is 141. The summed E-state index contributed by atoms with van der Waals surface area (Å²) in [6.45, 7) is 60.1. The highest BCUT2D eigenvalue weighted by Gasteiger charge is 2.51. The molecular weight excluding hydrogens is 1950 g/mol. The average Bonchev–Trinajstić information content (AvgIpc) is 0.802. The first-order valence-electron chi connectivity index (χ1n) is 42.7. The van der Waals surface area contributed by atoms with E-state index in [4.69, 9.17) is 0 Å². The lowest BCUT2D eigenvalue weighted by atomic mass is 10.1. The average molecular weight is 2090 g/mol. The molecule has 0 aliphatic carbocycles. The number of nitrogens with zero attached hydrogens (tertiary/aromatic N) is 8. The van der Waals surface area contributed by atoms with E-state index in [-0.39, 0.29) is 0 Å². The van der Waals surface area contributed by atoms with Crippen molar-refractivity contribution in [1.82, 2.24) is 0 Å². The van der Waals surface area contributed by atoms with Gasteiger partial charge < -0.3 is 34.4 Å². The Labute approximate surface area is 748 Å². The predicted octanol–water partition coefficient (Wildman–Crippen LogP) is 24.3. The summed E-state index contributed by atoms with van der Waals surface area (Å²) in [6.07, 6.45) is 44.2. The lowest BCUT2D eigenvalue weighted by Crippen LogP contribution is -2.50. The minimum atomic E-state index is -6.72. The number of alkyl halides is 24. The Balaban J connectivity index is -0.000000214. The predicted molar refractivity (Wildman–Crippen MR) is 451 cm³/mol. The van der Waals surface area contributed by atoms with Crippen LogP contribution in [0, 0.1) is 0 Å². The zero-order chi connectivity index (χ0) is 103. The third-order valence-electron chi connectivity index (χ3n) is 18.9. The van der Waals surface area contributed by atoms with Gasteiger partial charge in [-0.2, -0.15) is 105 Å². The molecule has 0 saturated heterocycles. The molecule has 0 aliphatic rings. The summed E-state index contributed by atoms with van der Waals surface area (Å²) in [5.74, 6) is 0. The molecule has 0 aliphatic heterocycles. The monoisotopic (exact) mass is 2090 g/mol. The molecule has 0 aromatic heterocycles. The van der Waals surface area contributed by atoms with Crippen LogP contribution in [-0.4, -0.2) is 234 Å². The lowest BCUT2D eigenvalue weighted by molar-refractivity contribution is -0.929. The van der Waals surface area contributed by atoms with E-state index in [1.165, 1.54) is 328 Å². The van der Waals surface area contributed by atoms with Crippen LogP contribution in [0.2, 0.25) is 0 Å². The Kier molecular flexibility index (Phi) is 72.9. The third kappa shape index (κ3) is 61.6. The van der Waals surface area contributed by atoms with Crippen molar-refractivity contribution in [2.24, 2.45) is 0 Å². The van der Waals surface area contributed by atoms with Gasteiger partial charge >= 0.3 is 44.1 Å². The van der Waals surface area contributed by atoms with E-state index in [9.17, 15) is 173 Å². The van der Waals surface area contributed by atoms with Crippen molar-refractivity contribution in [3.05, 3.63) is 16.5 Å². The van der Waals surface area contributed by atoms with Gasteiger partial charge in [-0.05, 0) is 103 Å². The number of halogens is 24. The quantitative estimate of drug-likeness (QED) is 0.0403. The lowest BCUT2D eigenvalue weighted by Gasteiger charge is -2.39. The standard InChI is InChI=1S/4C16H36N.4C2F6NO4S2/c4*1-5-9-13-17(14-10-6-2,15-11-7-3)16-12-8-4;4*3-1(4,5)14(10,11)9-15(12,13)2(6,7)8/h4*5-16H2,1-4H3;;;;/q4*+1;4*-1. The fourth-order valence-corrected chi connectivity index (χ4v) is 18.3. The summed E-state index contributed by atoms with van der Waals surface area (Å²) in [5, 5.41) is 0. The number of quaternary nitrogens is 4. The van der Waals surface area contributed by atoms with Crippen LogP contribution in [0.25, 0.3) is 16.5 Å². The summed E-state index contributed by atoms with van der Waals surface area (Å²) in [6, 6.07) is 0. The maximum atomic E-state index is 11.4. The number of hydrogen-bond donors (Lipinski definition) is 0. The van der Waals surface area contributed by atoms with E-state index in [1.54, 1.807) is 0 Å². The first-order valence-corrected chi connectivity index (χ1v) is 54.2. The molecular formula is C72H144F24N8O16S8. The van der Waals surface area contributed by atoms with E-state index >= 15 is 0 Å². The molecule has 0 saturated carbocycles. The van der Waals surface area contributed by atoms with E-state index in [2.05, 4.69) is 111 Å². The molecule has 0 atom stereocenters. The van der Waals surface area contributed by atoms with Gasteiger partial charge in [0.25, 0.3) is 0 Å². The fraction of sp³-hybridized carbons (Fsp3) is 1.00. The molecule has 0 heterocycles. The third-order valence-corrected chi connectivity index (χ3v) is 29.9. The van der Waals surface area contributed by atoms with Gasteiger partial charge in [-0.25, -0.2) is 67.3 Å². The molecule has 0 unspecified atom stereocenters. The molecule has 0 N–H and O–H groups in total. The Morgan fingerprint density at radius 3 is 0.234 bits per heavy atom. The van der Waals surface area contributed by atoms with Crippen LogP contribution in [0.5, 0.6) is 0 Å². The Morgan fingerprint density at radius 2 is 0.195 bits per heavy atom. The molecule has 0 bridgehead atoms. The van der Waals surface area contributed by atoms with Gasteiger partial charge in [-0.3, -0.25) is 0 Å². The zero-order valence-corrected chi connectivity index (χ0v) is 82.9. The second-order valence-electron chi connectivity index (χ2n) is 30.3. The highest BCUT2D eigenvalue weighted by Crippen LogP contribution is 2.41. The summed E-state index contributed by atoms with van der Waals surface area (Å²) in [5.41, 5.74) is -49.6. The maximum Gasteiger partial charge on any atom is 0.480 e. The van der Waals surface area contributed by atoms with Gasteiger partial charge in [0.2, 0.25) is 0 Å². The maximum absolute atomic E-state index is 11.4. The summed E-state index contributed by atoms with van der Waals surface area (Å²) in [4.78, 5) is 0. The van der Waals surface area contributed by atoms with Crippen molar-refractivity contribution in [3.8, 4) is 0 Å². The highest BCUT2D eigenvalue weighted by atomic mass is 32.3. The second kappa shape index (κ2) is 66.2. The molecule has 128 heavy (non-hydrogen) atoms. The van der Waals surface area contributed by atoms with E-state index in [0.717, 1.165) is 16.5 Å². The van der Waals surface area contributed by atoms with Crippen molar-refractivity contribution in [3.63, 3.8) is 0 Å². The fourth-order valence-electron chi connectivity index (χ4n) is 11.4. The topological polar surface area (TPSA) is 330 Å². The second-order valence-corrected chi connectivity index (χ2v) is 44.0. The molecule has 0 rings (SSSR count). The van der Waals surface area contributed by atoms with Crippen LogP contribution in [0.3, 0.4) is 0 Å². The van der Waals surface area contributed by atoms with Crippen LogP contribution in [0.4, 0.5) is 105 Å². The molecule has 0 amide bonds. The van der Waals surface area contributed by atoms with Gasteiger partial charge in [0.05, 0.1) is 105 Å². The van der Waals surface area contributed by atoms with Crippen LogP contribution in [-0.2, 0) is 80.2 Å². The number of rotatable bonds is 56. The van der Waals surface area contributed by atoms with E-state index in [0.29, 0.717) is 0 Å². The van der Waals surface area contributed by atoms with Gasteiger partial charge in [0.1, 0.15) is 0 Å². The Bertz CT molecular complexity index is 3000. The van der Waals surface area contributed by atoms with Crippen LogP contribution in [0.1, 0.15) is 316 Å². The van der Waals surface area contributed by atoms with Crippen molar-refractivity contribution in [1.29, 1.82) is 0 Å². The van der Waals surface area contributed by atoms with Gasteiger partial charge in [-0.15, -0.1) is 0 Å². The van der Waals surface area contributed by atoms with Crippen molar-refractivity contribution < 1.29 is 191 Å². The normalized spacial score (nSPS) is 13.6. The smallest absolute Gasteiger partial charge is 0.421 e. The first-order chi connectivity index (χ1) is 57.8. The SMILES string of the molecule is CCCC[N+](CCCC)(CCCC)CCCC.CCCC[N+](CCCC)(CCCC)CCCC.CCCC[N+](CCCC)(CCCC)CCCC.CCCC[N+](CCCC)(CCCC)CCCC.O=S(=O)([N-]S(=O)(=O)C(F)(F)F)C(F)(F)F.O=S(=O)([N-]S(=O)(=O)C(F)(F)F)C(F)(F)F.O=S(=O)([N-]S(=O)(=O)C(F)(F)F)C(F)(F)F.O=S(=O)([N-]S(=O)(=O)C(F)(F)F)C(F)(F)F. The zero-order valence-electron chi connectivity index (χ0n) is 76.4. The minimum Gasteiger partial charge on any atom is -0.421 e. The molecule has 0 aromatic carbocycles. The van der Waals surface area contributed by atoms with Gasteiger partial charge in [0, 0.05) is 0 Å². The molecule has 784 valence electrons. The number of hydrogen-bond acceptors (Lipinski definition) is 16. The van der Waals surface area contributed by atoms with Crippen LogP contribution < -0.4 is 0 Å². The van der Waals surface area contributed by atoms with Gasteiger partial charge in [0.15, 0.2) is 80.2 Å². The van der Waals surface area contributed by atoms with E-state index < -0.39 is 124 Å². The molecule has 0 radical (unpaired) electrons. The Morgan fingerprint density at radius 1 is 0.141 bits per heavy atom. The largest absolute Gasteiger partial charge is 0.480 e. The summed E-state index contributed by atoms with van der Waals surface area (Å²) in [7, 11) is -53.8. The van der Waals surface area contributed by atoms with Crippen LogP contribution in [0.15, 0.2) is 0 Å². The number of sulfonamides is 8. The number of unbranched alkanes of at least 4 members (excludes halogenated alkanes) is 16. The highest BCUT2D eigenvalue weighted by molar-refractivity contribution is 8.14. The summed E-state index contributed by atoms with van der Waals surface area (Å²) >= 11 is 0. The molecule has 24 nitrogen and oxygen atoms in total. The molecule has 0 spiro atoms.